The van der Waals surface area contributed by atoms with Crippen LogP contribution in [-0.2, 0) is 22.5 Å². The maximum atomic E-state index is 12.0. The molecule has 0 saturated carbocycles. The third-order valence-corrected chi connectivity index (χ3v) is 3.36. The Bertz CT molecular complexity index is 422. The van der Waals surface area contributed by atoms with Crippen LogP contribution in [0.3, 0.4) is 0 Å². The molecular weight excluding hydrogens is 244 g/mol. The van der Waals surface area contributed by atoms with E-state index in [1.165, 1.54) is 0 Å². The van der Waals surface area contributed by atoms with Crippen molar-refractivity contribution in [2.45, 2.75) is 46.1 Å². The maximum Gasteiger partial charge on any atom is 0.225 e. The van der Waals surface area contributed by atoms with Gasteiger partial charge in [-0.15, -0.1) is 0 Å². The van der Waals surface area contributed by atoms with E-state index in [4.69, 9.17) is 9.15 Å². The van der Waals surface area contributed by atoms with Gasteiger partial charge in [-0.2, -0.15) is 0 Å². The number of oxazole rings is 1. The molecule has 0 radical (unpaired) electrons. The van der Waals surface area contributed by atoms with Gasteiger partial charge in [0.1, 0.15) is 5.76 Å². The van der Waals surface area contributed by atoms with Gasteiger partial charge < -0.3 is 14.5 Å². The molecule has 0 aliphatic carbocycles. The topological polar surface area (TPSA) is 64.4 Å². The predicted molar refractivity (Wildman–Crippen MR) is 70.6 cm³/mol. The van der Waals surface area contributed by atoms with Crippen LogP contribution in [0.1, 0.15) is 43.5 Å². The standard InChI is InChI=1S/C14H22N2O3/c1-3-5-13-16-10(2)12(19-13)8-15-14(17)11-6-4-7-18-9-11/h11H,3-9H2,1-2H3,(H,15,17). The minimum atomic E-state index is -0.0212. The summed E-state index contributed by atoms with van der Waals surface area (Å²) in [5, 5.41) is 2.91. The fourth-order valence-electron chi connectivity index (χ4n) is 2.23. The number of hydrogen-bond donors (Lipinski definition) is 1. The molecule has 0 bridgehead atoms. The lowest BCUT2D eigenvalue weighted by Crippen LogP contribution is -2.35. The number of rotatable bonds is 5. The second-order valence-corrected chi connectivity index (χ2v) is 5.00. The quantitative estimate of drug-likeness (QED) is 0.885. The summed E-state index contributed by atoms with van der Waals surface area (Å²) in [4.78, 5) is 16.3. The van der Waals surface area contributed by atoms with E-state index in [2.05, 4.69) is 17.2 Å². The van der Waals surface area contributed by atoms with Crippen LogP contribution < -0.4 is 5.32 Å². The van der Waals surface area contributed by atoms with Gasteiger partial charge >= 0.3 is 0 Å². The smallest absolute Gasteiger partial charge is 0.225 e. The first-order valence-electron chi connectivity index (χ1n) is 7.01. The van der Waals surface area contributed by atoms with E-state index in [-0.39, 0.29) is 11.8 Å². The van der Waals surface area contributed by atoms with Gasteiger partial charge in [0.25, 0.3) is 0 Å². The zero-order chi connectivity index (χ0) is 13.7. The Labute approximate surface area is 113 Å². The first-order valence-corrected chi connectivity index (χ1v) is 7.01. The average Bonchev–Trinajstić information content (AvgIpc) is 2.78. The molecule has 1 aliphatic rings. The van der Waals surface area contributed by atoms with E-state index in [1.807, 2.05) is 6.92 Å². The van der Waals surface area contributed by atoms with E-state index in [0.29, 0.717) is 13.2 Å². The van der Waals surface area contributed by atoms with Crippen LogP contribution in [0.5, 0.6) is 0 Å². The van der Waals surface area contributed by atoms with Crippen LogP contribution in [0.2, 0.25) is 0 Å². The summed E-state index contributed by atoms with van der Waals surface area (Å²) in [6.45, 7) is 5.71. The lowest BCUT2D eigenvalue weighted by atomic mass is 10.0. The Balaban J connectivity index is 1.85. The molecule has 106 valence electrons. The predicted octanol–water partition coefficient (Wildman–Crippen LogP) is 1.98. The molecule has 2 rings (SSSR count). The zero-order valence-corrected chi connectivity index (χ0v) is 11.7. The summed E-state index contributed by atoms with van der Waals surface area (Å²) in [5.74, 6) is 1.54. The Hall–Kier alpha value is -1.36. The van der Waals surface area contributed by atoms with E-state index in [9.17, 15) is 4.79 Å². The Morgan fingerprint density at radius 2 is 2.37 bits per heavy atom. The van der Waals surface area contributed by atoms with Crippen LogP contribution >= 0.6 is 0 Å². The molecule has 5 nitrogen and oxygen atoms in total. The minimum Gasteiger partial charge on any atom is -0.444 e. The minimum absolute atomic E-state index is 0.0212. The van der Waals surface area contributed by atoms with Gasteiger partial charge in [0.05, 0.1) is 24.8 Å². The molecule has 1 aromatic rings. The molecule has 0 spiro atoms. The second kappa shape index (κ2) is 6.70. The van der Waals surface area contributed by atoms with Gasteiger partial charge in [0.15, 0.2) is 5.89 Å². The summed E-state index contributed by atoms with van der Waals surface area (Å²) >= 11 is 0. The van der Waals surface area contributed by atoms with E-state index in [1.54, 1.807) is 0 Å². The third-order valence-electron chi connectivity index (χ3n) is 3.36. The molecule has 1 amide bonds. The molecule has 2 heterocycles. The largest absolute Gasteiger partial charge is 0.444 e. The monoisotopic (exact) mass is 266 g/mol. The van der Waals surface area contributed by atoms with Gasteiger partial charge in [0.2, 0.25) is 5.91 Å². The van der Waals surface area contributed by atoms with Gasteiger partial charge in [-0.1, -0.05) is 6.92 Å². The number of carbonyl (C=O) groups is 1. The highest BCUT2D eigenvalue weighted by molar-refractivity contribution is 5.78. The average molecular weight is 266 g/mol. The molecule has 1 saturated heterocycles. The molecule has 1 fully saturated rings. The number of ether oxygens (including phenoxy) is 1. The molecule has 1 unspecified atom stereocenters. The second-order valence-electron chi connectivity index (χ2n) is 5.00. The van der Waals surface area contributed by atoms with Crippen LogP contribution in [0, 0.1) is 12.8 Å². The molecule has 1 atom stereocenters. The first kappa shape index (κ1) is 14.1. The lowest BCUT2D eigenvalue weighted by molar-refractivity contribution is -0.129. The molecule has 1 aromatic heterocycles. The fourth-order valence-corrected chi connectivity index (χ4v) is 2.23. The first-order chi connectivity index (χ1) is 9.20. The maximum absolute atomic E-state index is 12.0. The van der Waals surface area contributed by atoms with Crippen LogP contribution in [0.25, 0.3) is 0 Å². The van der Waals surface area contributed by atoms with Crippen LogP contribution in [0.4, 0.5) is 0 Å². The number of carbonyl (C=O) groups excluding carboxylic acids is 1. The summed E-state index contributed by atoms with van der Waals surface area (Å²) < 4.78 is 11.0. The zero-order valence-electron chi connectivity index (χ0n) is 11.7. The lowest BCUT2D eigenvalue weighted by Gasteiger charge is -2.20. The Morgan fingerprint density at radius 3 is 3.05 bits per heavy atom. The highest BCUT2D eigenvalue weighted by Gasteiger charge is 2.22. The highest BCUT2D eigenvalue weighted by atomic mass is 16.5. The number of nitrogens with one attached hydrogen (secondary N) is 1. The summed E-state index contributed by atoms with van der Waals surface area (Å²) in [7, 11) is 0. The van der Waals surface area contributed by atoms with Crippen molar-refractivity contribution in [1.82, 2.24) is 10.3 Å². The number of amides is 1. The van der Waals surface area contributed by atoms with Crippen molar-refractivity contribution in [1.29, 1.82) is 0 Å². The van der Waals surface area contributed by atoms with Crippen molar-refractivity contribution in [3.8, 4) is 0 Å². The van der Waals surface area contributed by atoms with Gasteiger partial charge in [0, 0.05) is 13.0 Å². The van der Waals surface area contributed by atoms with Crippen molar-refractivity contribution >= 4 is 5.91 Å². The number of nitrogens with zero attached hydrogens (tertiary/aromatic N) is 1. The molecule has 1 aliphatic heterocycles. The molecule has 0 aromatic carbocycles. The van der Waals surface area contributed by atoms with Crippen molar-refractivity contribution in [3.63, 3.8) is 0 Å². The van der Waals surface area contributed by atoms with Crippen LogP contribution in [0.15, 0.2) is 4.42 Å². The molecule has 19 heavy (non-hydrogen) atoms. The van der Waals surface area contributed by atoms with Crippen LogP contribution in [-0.4, -0.2) is 24.1 Å². The summed E-state index contributed by atoms with van der Waals surface area (Å²) in [5.41, 5.74) is 0.864. The third kappa shape index (κ3) is 3.80. The van der Waals surface area contributed by atoms with E-state index < -0.39 is 0 Å². The number of hydrogen-bond acceptors (Lipinski definition) is 4. The highest BCUT2D eigenvalue weighted by Crippen LogP contribution is 2.15. The summed E-state index contributed by atoms with van der Waals surface area (Å²) in [6.07, 6.45) is 3.71. The number of aryl methyl sites for hydroxylation is 2. The number of aromatic nitrogens is 1. The van der Waals surface area contributed by atoms with Crippen molar-refractivity contribution in [2.75, 3.05) is 13.2 Å². The van der Waals surface area contributed by atoms with Gasteiger partial charge in [-0.25, -0.2) is 4.98 Å². The Morgan fingerprint density at radius 1 is 1.53 bits per heavy atom. The SMILES string of the molecule is CCCc1nc(C)c(CNC(=O)C2CCCOC2)o1. The fraction of sp³-hybridized carbons (Fsp3) is 0.714. The Kier molecular flexibility index (Phi) is 4.96. The van der Waals surface area contributed by atoms with E-state index in [0.717, 1.165) is 49.6 Å². The molecular formula is C14H22N2O3. The normalized spacial score (nSPS) is 19.4. The van der Waals surface area contributed by atoms with E-state index >= 15 is 0 Å². The van der Waals surface area contributed by atoms with Crippen molar-refractivity contribution in [2.24, 2.45) is 5.92 Å². The van der Waals surface area contributed by atoms with Crippen molar-refractivity contribution < 1.29 is 13.9 Å². The van der Waals surface area contributed by atoms with Gasteiger partial charge in [-0.05, 0) is 26.2 Å². The molecule has 5 heteroatoms. The van der Waals surface area contributed by atoms with Crippen molar-refractivity contribution in [3.05, 3.63) is 17.3 Å². The summed E-state index contributed by atoms with van der Waals surface area (Å²) in [6, 6.07) is 0. The molecule has 1 N–H and O–H groups in total. The van der Waals surface area contributed by atoms with Gasteiger partial charge in [-0.3, -0.25) is 4.79 Å².